The molecule has 2 aromatic rings. The molecule has 118 valence electrons. The Kier molecular flexibility index (Phi) is 5.58. The van der Waals surface area contributed by atoms with Gasteiger partial charge >= 0.3 is 0 Å². The van der Waals surface area contributed by atoms with E-state index in [1.807, 2.05) is 43.3 Å². The zero-order valence-corrected chi connectivity index (χ0v) is 13.7. The smallest absolute Gasteiger partial charge is 0.194 e. The van der Waals surface area contributed by atoms with Gasteiger partial charge in [-0.3, -0.25) is 0 Å². The number of rotatable bonds is 5. The summed E-state index contributed by atoms with van der Waals surface area (Å²) in [4.78, 5) is 6.58. The van der Waals surface area contributed by atoms with E-state index in [-0.39, 0.29) is 0 Å². The molecule has 5 heteroatoms. The molecule has 1 heterocycles. The summed E-state index contributed by atoms with van der Waals surface area (Å²) in [6.07, 6.45) is 0. The van der Waals surface area contributed by atoms with E-state index in [9.17, 15) is 0 Å². The fourth-order valence-corrected chi connectivity index (χ4v) is 1.96. The van der Waals surface area contributed by atoms with Crippen LogP contribution in [0, 0.1) is 0 Å². The molecule has 5 nitrogen and oxygen atoms in total. The van der Waals surface area contributed by atoms with Crippen LogP contribution >= 0.6 is 0 Å². The molecule has 0 spiro atoms. The Bertz CT molecular complexity index is 602. The van der Waals surface area contributed by atoms with Gasteiger partial charge in [-0.15, -0.1) is 0 Å². The number of nitrogens with zero attached hydrogens (tertiary/aromatic N) is 3. The lowest BCUT2D eigenvalue weighted by molar-refractivity contribution is 0.370. The summed E-state index contributed by atoms with van der Waals surface area (Å²) in [6.45, 7) is 5.42. The minimum atomic E-state index is 0.373. The molecule has 0 fully saturated rings. The van der Waals surface area contributed by atoms with Gasteiger partial charge in [0, 0.05) is 20.2 Å². The second-order valence-corrected chi connectivity index (χ2v) is 5.75. The van der Waals surface area contributed by atoms with Crippen LogP contribution in [0.3, 0.4) is 0 Å². The Morgan fingerprint density at radius 1 is 1.27 bits per heavy atom. The highest BCUT2D eigenvalue weighted by atomic mass is 16.5. The Labute approximate surface area is 132 Å². The lowest BCUT2D eigenvalue weighted by atomic mass is 10.1. The first-order chi connectivity index (χ1) is 10.6. The van der Waals surface area contributed by atoms with Gasteiger partial charge in [0.05, 0.1) is 18.8 Å². The van der Waals surface area contributed by atoms with Gasteiger partial charge in [-0.2, -0.15) is 0 Å². The van der Waals surface area contributed by atoms with Gasteiger partial charge in [-0.1, -0.05) is 49.3 Å². The second-order valence-electron chi connectivity index (χ2n) is 5.75. The maximum Gasteiger partial charge on any atom is 0.194 e. The molecule has 0 aliphatic heterocycles. The quantitative estimate of drug-likeness (QED) is 0.681. The van der Waals surface area contributed by atoms with Crippen LogP contribution in [0.1, 0.15) is 36.8 Å². The number of guanidine groups is 1. The van der Waals surface area contributed by atoms with E-state index >= 15 is 0 Å². The third-order valence-electron chi connectivity index (χ3n) is 3.27. The molecule has 0 amide bonds. The molecule has 0 saturated heterocycles. The lowest BCUT2D eigenvalue weighted by Gasteiger charge is -2.16. The summed E-state index contributed by atoms with van der Waals surface area (Å²) in [5, 5.41) is 7.36. The normalized spacial score (nSPS) is 11.8. The molecule has 2 rings (SSSR count). The fraction of sp³-hybridized carbons (Fsp3) is 0.412. The average Bonchev–Trinajstić information content (AvgIpc) is 2.97. The van der Waals surface area contributed by atoms with Gasteiger partial charge in [0.15, 0.2) is 11.7 Å². The molecule has 0 aliphatic rings. The van der Waals surface area contributed by atoms with Crippen molar-refractivity contribution in [2.24, 2.45) is 4.99 Å². The summed E-state index contributed by atoms with van der Waals surface area (Å²) < 4.78 is 5.33. The molecule has 1 aromatic carbocycles. The minimum Gasteiger partial charge on any atom is -0.359 e. The first kappa shape index (κ1) is 16.1. The molecule has 0 atom stereocenters. The van der Waals surface area contributed by atoms with E-state index in [2.05, 4.69) is 41.4 Å². The lowest BCUT2D eigenvalue weighted by Crippen LogP contribution is -2.35. The Hall–Kier alpha value is -2.30. The zero-order valence-electron chi connectivity index (χ0n) is 13.7. The second kappa shape index (κ2) is 7.64. The summed E-state index contributed by atoms with van der Waals surface area (Å²) in [5.74, 6) is 2.02. The van der Waals surface area contributed by atoms with E-state index in [1.54, 1.807) is 0 Å². The van der Waals surface area contributed by atoms with Crippen LogP contribution in [0.25, 0.3) is 0 Å². The molecular weight excluding hydrogens is 276 g/mol. The monoisotopic (exact) mass is 300 g/mol. The molecule has 0 radical (unpaired) electrons. The van der Waals surface area contributed by atoms with E-state index in [1.165, 1.54) is 5.56 Å². The van der Waals surface area contributed by atoms with Crippen LogP contribution < -0.4 is 5.32 Å². The van der Waals surface area contributed by atoms with Crippen molar-refractivity contribution >= 4 is 5.96 Å². The average molecular weight is 300 g/mol. The van der Waals surface area contributed by atoms with Crippen molar-refractivity contribution in [1.82, 2.24) is 15.4 Å². The Balaban J connectivity index is 1.96. The van der Waals surface area contributed by atoms with Crippen molar-refractivity contribution in [2.45, 2.75) is 32.9 Å². The van der Waals surface area contributed by atoms with Crippen molar-refractivity contribution in [3.63, 3.8) is 0 Å². The van der Waals surface area contributed by atoms with Crippen molar-refractivity contribution in [2.75, 3.05) is 14.1 Å². The Morgan fingerprint density at radius 3 is 2.59 bits per heavy atom. The van der Waals surface area contributed by atoms with Crippen LogP contribution in [0.4, 0.5) is 0 Å². The largest absolute Gasteiger partial charge is 0.359 e. The van der Waals surface area contributed by atoms with Crippen LogP contribution in [-0.4, -0.2) is 30.1 Å². The van der Waals surface area contributed by atoms with Crippen LogP contribution in [0.2, 0.25) is 0 Å². The maximum atomic E-state index is 5.33. The highest BCUT2D eigenvalue weighted by Gasteiger charge is 2.09. The van der Waals surface area contributed by atoms with E-state index in [4.69, 9.17) is 4.52 Å². The third-order valence-corrected chi connectivity index (χ3v) is 3.27. The van der Waals surface area contributed by atoms with Gasteiger partial charge in [0.1, 0.15) is 0 Å². The first-order valence-corrected chi connectivity index (χ1v) is 7.51. The SMILES string of the molecule is CC(C)c1cc(CNC(=NCc2ccccc2)N(C)C)on1. The highest BCUT2D eigenvalue weighted by molar-refractivity contribution is 5.79. The van der Waals surface area contributed by atoms with E-state index in [0.717, 1.165) is 17.4 Å². The minimum absolute atomic E-state index is 0.373. The van der Waals surface area contributed by atoms with E-state index in [0.29, 0.717) is 19.0 Å². The summed E-state index contributed by atoms with van der Waals surface area (Å²) in [5.41, 5.74) is 2.16. The molecular formula is C17H24N4O. The van der Waals surface area contributed by atoms with Gasteiger partial charge in [-0.05, 0) is 11.5 Å². The first-order valence-electron chi connectivity index (χ1n) is 7.51. The number of aromatic nitrogens is 1. The molecule has 1 N–H and O–H groups in total. The number of hydrogen-bond acceptors (Lipinski definition) is 3. The van der Waals surface area contributed by atoms with Crippen molar-refractivity contribution < 1.29 is 4.52 Å². The number of aliphatic imine (C=N–C) groups is 1. The van der Waals surface area contributed by atoms with Gasteiger partial charge < -0.3 is 14.7 Å². The molecule has 0 saturated carbocycles. The third kappa shape index (κ3) is 4.62. The van der Waals surface area contributed by atoms with Crippen LogP contribution in [0.5, 0.6) is 0 Å². The van der Waals surface area contributed by atoms with Crippen LogP contribution in [0.15, 0.2) is 45.9 Å². The summed E-state index contributed by atoms with van der Waals surface area (Å²) in [6, 6.07) is 12.2. The predicted octanol–water partition coefficient (Wildman–Crippen LogP) is 3.01. The van der Waals surface area contributed by atoms with Crippen molar-refractivity contribution in [3.05, 3.63) is 53.4 Å². The van der Waals surface area contributed by atoms with Gasteiger partial charge in [-0.25, -0.2) is 4.99 Å². The predicted molar refractivity (Wildman–Crippen MR) is 88.7 cm³/mol. The standard InChI is InChI=1S/C17H24N4O/c1-13(2)16-10-15(22-20-16)12-19-17(21(3)4)18-11-14-8-6-5-7-9-14/h5-10,13H,11-12H2,1-4H3,(H,18,19). The summed E-state index contributed by atoms with van der Waals surface area (Å²) >= 11 is 0. The maximum absolute atomic E-state index is 5.33. The van der Waals surface area contributed by atoms with Gasteiger partial charge in [0.2, 0.25) is 0 Å². The van der Waals surface area contributed by atoms with Crippen molar-refractivity contribution in [3.8, 4) is 0 Å². The van der Waals surface area contributed by atoms with Crippen LogP contribution in [-0.2, 0) is 13.1 Å². The number of hydrogen-bond donors (Lipinski definition) is 1. The molecule has 1 aromatic heterocycles. The van der Waals surface area contributed by atoms with E-state index < -0.39 is 0 Å². The number of nitrogens with one attached hydrogen (secondary N) is 1. The molecule has 22 heavy (non-hydrogen) atoms. The van der Waals surface area contributed by atoms with Gasteiger partial charge in [0.25, 0.3) is 0 Å². The summed E-state index contributed by atoms with van der Waals surface area (Å²) in [7, 11) is 3.94. The Morgan fingerprint density at radius 2 is 2.00 bits per heavy atom. The molecule has 0 unspecified atom stereocenters. The molecule has 0 bridgehead atoms. The fourth-order valence-electron chi connectivity index (χ4n) is 1.96. The molecule has 0 aliphatic carbocycles. The zero-order chi connectivity index (χ0) is 15.9. The van der Waals surface area contributed by atoms with Crippen molar-refractivity contribution in [1.29, 1.82) is 0 Å². The number of benzene rings is 1. The highest BCUT2D eigenvalue weighted by Crippen LogP contribution is 2.13. The topological polar surface area (TPSA) is 53.7 Å².